The molecule has 0 spiro atoms. The topological polar surface area (TPSA) is 101 Å². The van der Waals surface area contributed by atoms with Crippen LogP contribution in [0, 0.1) is 0 Å². The molecule has 12 heteroatoms. The minimum Gasteiger partial charge on any atom is -0.439 e. The predicted octanol–water partition coefficient (Wildman–Crippen LogP) is 5.42. The van der Waals surface area contributed by atoms with Crippen LogP contribution in [0.3, 0.4) is 0 Å². The molecule has 1 aliphatic heterocycles. The first-order valence-electron chi connectivity index (χ1n) is 12.7. The largest absolute Gasteiger partial charge is 0.439 e. The summed E-state index contributed by atoms with van der Waals surface area (Å²) < 4.78 is 46.3. The first-order chi connectivity index (χ1) is 19.1. The molecule has 1 saturated heterocycles. The number of rotatable bonds is 6. The summed E-state index contributed by atoms with van der Waals surface area (Å²) in [6.07, 6.45) is 0.238. The van der Waals surface area contributed by atoms with Crippen LogP contribution in [-0.2, 0) is 17.5 Å². The number of fused-ring (bicyclic) bond motifs is 1. The van der Waals surface area contributed by atoms with E-state index in [1.807, 2.05) is 0 Å². The highest BCUT2D eigenvalue weighted by atomic mass is 19.4. The van der Waals surface area contributed by atoms with Gasteiger partial charge in [-0.2, -0.15) is 13.2 Å². The molecule has 0 radical (unpaired) electrons. The Hall–Kier alpha value is -4.45. The van der Waals surface area contributed by atoms with Gasteiger partial charge in [-0.1, -0.05) is 6.07 Å². The zero-order valence-corrected chi connectivity index (χ0v) is 21.6. The maximum Gasteiger partial charge on any atom is 0.416 e. The lowest BCUT2D eigenvalue weighted by Gasteiger charge is -2.31. The van der Waals surface area contributed by atoms with Crippen LogP contribution >= 0.6 is 0 Å². The van der Waals surface area contributed by atoms with Crippen molar-refractivity contribution in [1.82, 2.24) is 24.8 Å². The van der Waals surface area contributed by atoms with Crippen molar-refractivity contribution in [2.45, 2.75) is 38.5 Å². The summed E-state index contributed by atoms with van der Waals surface area (Å²) in [4.78, 5) is 34.9. The molecule has 40 heavy (non-hydrogen) atoms. The Labute approximate surface area is 228 Å². The van der Waals surface area contributed by atoms with Crippen LogP contribution in [0.1, 0.15) is 31.0 Å². The van der Waals surface area contributed by atoms with E-state index in [0.29, 0.717) is 29.1 Å². The molecular formula is C28H27F3N6O3. The van der Waals surface area contributed by atoms with Crippen LogP contribution in [-0.4, -0.2) is 50.5 Å². The minimum atomic E-state index is -4.51. The van der Waals surface area contributed by atoms with Crippen LogP contribution in [0.25, 0.3) is 10.9 Å². The van der Waals surface area contributed by atoms with Gasteiger partial charge in [0.2, 0.25) is 11.8 Å². The lowest BCUT2D eigenvalue weighted by molar-refractivity contribution is -0.137. The number of nitrogens with one attached hydrogen (secondary N) is 2. The van der Waals surface area contributed by atoms with E-state index in [-0.39, 0.29) is 17.6 Å². The van der Waals surface area contributed by atoms with Crippen LogP contribution < -0.4 is 15.4 Å². The molecule has 4 aromatic rings. The summed E-state index contributed by atoms with van der Waals surface area (Å²) in [6, 6.07) is 12.7. The number of piperidine rings is 1. The molecule has 9 nitrogen and oxygen atoms in total. The number of carbonyl (C=O) groups is 2. The third-order valence-corrected chi connectivity index (χ3v) is 6.62. The second kappa shape index (κ2) is 11.3. The second-order valence-corrected chi connectivity index (χ2v) is 9.62. The Morgan fingerprint density at radius 2 is 1.85 bits per heavy atom. The Bertz CT molecular complexity index is 1530. The maximum absolute atomic E-state index is 13.0. The first-order valence-corrected chi connectivity index (χ1v) is 12.7. The van der Waals surface area contributed by atoms with Gasteiger partial charge in [0, 0.05) is 55.9 Å². The summed E-state index contributed by atoms with van der Waals surface area (Å²) in [7, 11) is 0. The fourth-order valence-corrected chi connectivity index (χ4v) is 4.71. The van der Waals surface area contributed by atoms with Gasteiger partial charge in [-0.15, -0.1) is 0 Å². The van der Waals surface area contributed by atoms with E-state index in [2.05, 4.69) is 25.5 Å². The molecule has 2 aromatic carbocycles. The average Bonchev–Trinajstić information content (AvgIpc) is 3.33. The van der Waals surface area contributed by atoms with E-state index < -0.39 is 17.8 Å². The molecule has 208 valence electrons. The average molecular weight is 553 g/mol. The molecule has 2 amide bonds. The van der Waals surface area contributed by atoms with Gasteiger partial charge >= 0.3 is 12.2 Å². The Morgan fingerprint density at radius 3 is 2.60 bits per heavy atom. The van der Waals surface area contributed by atoms with E-state index in [1.54, 1.807) is 30.3 Å². The molecule has 0 bridgehead atoms. The molecule has 0 atom stereocenters. The van der Waals surface area contributed by atoms with E-state index in [4.69, 9.17) is 4.74 Å². The highest BCUT2D eigenvalue weighted by Gasteiger charge is 2.30. The number of ether oxygens (including phenoxy) is 1. The monoisotopic (exact) mass is 552 g/mol. The number of likely N-dealkylation sites (tertiary alicyclic amines) is 1. The molecule has 1 fully saturated rings. The van der Waals surface area contributed by atoms with Crippen molar-refractivity contribution in [3.8, 4) is 11.6 Å². The quantitative estimate of drug-likeness (QED) is 0.331. The number of carbonyl (C=O) groups excluding carboxylic acids is 2. The number of alkyl halides is 3. The molecular weight excluding hydrogens is 525 g/mol. The van der Waals surface area contributed by atoms with Gasteiger partial charge in [-0.05, 0) is 55.3 Å². The van der Waals surface area contributed by atoms with E-state index >= 15 is 0 Å². The van der Waals surface area contributed by atoms with Crippen molar-refractivity contribution in [3.63, 3.8) is 0 Å². The summed E-state index contributed by atoms with van der Waals surface area (Å²) in [5.41, 5.74) is 0.562. The predicted molar refractivity (Wildman–Crippen MR) is 142 cm³/mol. The SMILES string of the molecule is CC(=O)NC1CCN(Cc2cc(Oc3ccc4c(ccn4C(=O)Nc4cccc(C(F)(F)F)c4)c3)ncn2)CC1. The van der Waals surface area contributed by atoms with Gasteiger partial charge in [0.25, 0.3) is 0 Å². The summed E-state index contributed by atoms with van der Waals surface area (Å²) in [6.45, 7) is 3.86. The van der Waals surface area contributed by atoms with Crippen molar-refractivity contribution in [2.24, 2.45) is 0 Å². The molecule has 0 aliphatic carbocycles. The Balaban J connectivity index is 1.23. The highest BCUT2D eigenvalue weighted by Crippen LogP contribution is 2.31. The van der Waals surface area contributed by atoms with Crippen molar-refractivity contribution >= 4 is 28.5 Å². The lowest BCUT2D eigenvalue weighted by atomic mass is 10.0. The third-order valence-electron chi connectivity index (χ3n) is 6.62. The van der Waals surface area contributed by atoms with Gasteiger partial charge in [-0.25, -0.2) is 14.8 Å². The number of hydrogen-bond acceptors (Lipinski definition) is 6. The van der Waals surface area contributed by atoms with Crippen molar-refractivity contribution in [3.05, 3.63) is 78.4 Å². The minimum absolute atomic E-state index is 0.01000. The normalized spacial score (nSPS) is 14.7. The van der Waals surface area contributed by atoms with Crippen LogP contribution in [0.15, 0.2) is 67.1 Å². The maximum atomic E-state index is 13.0. The smallest absolute Gasteiger partial charge is 0.416 e. The summed E-state index contributed by atoms with van der Waals surface area (Å²) >= 11 is 0. The molecule has 1 aliphatic rings. The standard InChI is InChI=1S/C28H27F3N6O3/c1-18(38)34-21-8-10-36(11-9-21)16-23-15-26(33-17-32-23)40-24-5-6-25-19(13-24)7-12-37(25)27(39)35-22-4-2-3-20(14-22)28(29,30)31/h2-7,12-15,17,21H,8-11,16H2,1H3,(H,34,38)(H,35,39). The number of anilines is 1. The van der Waals surface area contributed by atoms with Crippen LogP contribution in [0.4, 0.5) is 23.7 Å². The molecule has 5 rings (SSSR count). The van der Waals surface area contributed by atoms with Crippen molar-refractivity contribution < 1.29 is 27.5 Å². The number of benzene rings is 2. The molecule has 2 N–H and O–H groups in total. The van der Waals surface area contributed by atoms with Crippen LogP contribution in [0.5, 0.6) is 11.6 Å². The van der Waals surface area contributed by atoms with Gasteiger partial charge < -0.3 is 15.4 Å². The summed E-state index contributed by atoms with van der Waals surface area (Å²) in [5.74, 6) is 0.868. The Morgan fingerprint density at radius 1 is 1.05 bits per heavy atom. The zero-order valence-electron chi connectivity index (χ0n) is 21.6. The highest BCUT2D eigenvalue weighted by molar-refractivity contribution is 5.98. The number of hydrogen-bond donors (Lipinski definition) is 2. The zero-order chi connectivity index (χ0) is 28.3. The molecule has 0 unspecified atom stereocenters. The number of aromatic nitrogens is 3. The fourth-order valence-electron chi connectivity index (χ4n) is 4.71. The number of nitrogens with zero attached hydrogens (tertiary/aromatic N) is 4. The lowest BCUT2D eigenvalue weighted by Crippen LogP contribution is -2.43. The second-order valence-electron chi connectivity index (χ2n) is 9.62. The van der Waals surface area contributed by atoms with E-state index in [0.717, 1.165) is 43.8 Å². The molecule has 0 saturated carbocycles. The van der Waals surface area contributed by atoms with Gasteiger partial charge in [0.1, 0.15) is 12.1 Å². The number of halogens is 3. The Kier molecular flexibility index (Phi) is 7.69. The van der Waals surface area contributed by atoms with Crippen LogP contribution in [0.2, 0.25) is 0 Å². The van der Waals surface area contributed by atoms with Gasteiger partial charge in [-0.3, -0.25) is 14.3 Å². The number of amides is 2. The molecule has 3 heterocycles. The van der Waals surface area contributed by atoms with E-state index in [1.165, 1.54) is 36.1 Å². The van der Waals surface area contributed by atoms with Crippen molar-refractivity contribution in [1.29, 1.82) is 0 Å². The van der Waals surface area contributed by atoms with Gasteiger partial charge in [0.15, 0.2) is 0 Å². The van der Waals surface area contributed by atoms with Gasteiger partial charge in [0.05, 0.1) is 16.8 Å². The fraction of sp³-hybridized carbons (Fsp3) is 0.286. The first kappa shape index (κ1) is 27.1. The summed E-state index contributed by atoms with van der Waals surface area (Å²) in [5, 5.41) is 6.18. The molecule has 2 aromatic heterocycles. The van der Waals surface area contributed by atoms with E-state index in [9.17, 15) is 22.8 Å². The third kappa shape index (κ3) is 6.57. The van der Waals surface area contributed by atoms with Crippen molar-refractivity contribution in [2.75, 3.05) is 18.4 Å².